The Morgan fingerprint density at radius 1 is 0.410 bits per heavy atom. The number of aromatic nitrogens is 4. The van der Waals surface area contributed by atoms with Crippen molar-refractivity contribution >= 4 is 208 Å². The quantitative estimate of drug-likeness (QED) is 0.240. The van der Waals surface area contributed by atoms with Crippen LogP contribution in [0.5, 0.6) is 0 Å². The van der Waals surface area contributed by atoms with Crippen LogP contribution in [0.1, 0.15) is 0 Å². The molecule has 0 saturated heterocycles. The van der Waals surface area contributed by atoms with E-state index in [1.807, 2.05) is 102 Å². The van der Waals surface area contributed by atoms with Crippen LogP contribution in [0.2, 0.25) is 0 Å². The standard InChI is InChI=1S/C45H16B10N4OS/c46-28-24-27-39(35(53)30(48)25-26-29(47)32(50)34(52)37(55)42(26)61-41(25)27)59(38(24)36(54)33(51)31(28)49)21-15-7-13-19-23-20(14-8-16-22(23)60-40(19)21)45-57-43(17-9-3-1-4-10-17)56-44(58-45)18-11-5-2-6-12-18/h1-16H. The van der Waals surface area contributed by atoms with Gasteiger partial charge in [-0.25, -0.2) is 15.0 Å². The molecule has 4 heterocycles. The Bertz CT molecular complexity index is 3660. The molecule has 7 aromatic carbocycles. The Kier molecular flexibility index (Phi) is 8.57. The molecule has 0 aliphatic carbocycles. The highest BCUT2D eigenvalue weighted by Crippen LogP contribution is 2.43. The van der Waals surface area contributed by atoms with Gasteiger partial charge in [0.05, 0.1) is 5.69 Å². The van der Waals surface area contributed by atoms with E-state index in [9.17, 15) is 0 Å². The third-order valence-electron chi connectivity index (χ3n) is 11.6. The maximum absolute atomic E-state index is 7.15. The number of fused-ring (bicyclic) bond motifs is 10. The van der Waals surface area contributed by atoms with Gasteiger partial charge >= 0.3 is 0 Å². The summed E-state index contributed by atoms with van der Waals surface area (Å²) >= 11 is 1.33. The minimum atomic E-state index is 0.111. The van der Waals surface area contributed by atoms with E-state index in [-0.39, 0.29) is 54.6 Å². The van der Waals surface area contributed by atoms with Crippen molar-refractivity contribution in [3.8, 4) is 39.9 Å². The molecule has 0 bridgehead atoms. The molecule has 0 fully saturated rings. The Labute approximate surface area is 367 Å². The lowest BCUT2D eigenvalue weighted by Gasteiger charge is -2.17. The monoisotopic (exact) mass is 770 g/mol. The smallest absolute Gasteiger partial charge is 0.164 e. The summed E-state index contributed by atoms with van der Waals surface area (Å²) in [5, 5.41) is 3.72. The minimum absolute atomic E-state index is 0.111. The first-order valence-electron chi connectivity index (χ1n) is 19.0. The van der Waals surface area contributed by atoms with Crippen LogP contribution in [-0.4, -0.2) is 98.0 Å². The molecule has 0 amide bonds. The molecule has 11 aromatic rings. The Balaban J connectivity index is 1.26. The van der Waals surface area contributed by atoms with Crippen molar-refractivity contribution in [1.82, 2.24) is 19.5 Å². The fourth-order valence-electron chi connectivity index (χ4n) is 8.60. The number of benzene rings is 7. The first-order chi connectivity index (χ1) is 29.5. The summed E-state index contributed by atoms with van der Waals surface area (Å²) in [5.74, 6) is 1.52. The third-order valence-corrected chi connectivity index (χ3v) is 12.8. The highest BCUT2D eigenvalue weighted by Gasteiger charge is 2.28. The lowest BCUT2D eigenvalue weighted by molar-refractivity contribution is 0.666. The summed E-state index contributed by atoms with van der Waals surface area (Å²) in [6.07, 6.45) is 0. The molecule has 0 atom stereocenters. The minimum Gasteiger partial charge on any atom is -0.454 e. The highest BCUT2D eigenvalue weighted by atomic mass is 32.1. The van der Waals surface area contributed by atoms with Gasteiger partial charge < -0.3 is 8.98 Å². The number of para-hydroxylation sites is 1. The summed E-state index contributed by atoms with van der Waals surface area (Å²) in [7, 11) is 67.1. The average Bonchev–Trinajstić information content (AvgIpc) is 3.99. The van der Waals surface area contributed by atoms with Gasteiger partial charge in [0, 0.05) is 58.7 Å². The number of hydrogen-bond donors (Lipinski definition) is 0. The van der Waals surface area contributed by atoms with Gasteiger partial charge in [-0.15, -0.1) is 33.2 Å². The molecular formula is C45H16B10N4OS. The van der Waals surface area contributed by atoms with Gasteiger partial charge in [0.15, 0.2) is 23.1 Å². The lowest BCUT2D eigenvalue weighted by atomic mass is 9.64. The molecule has 0 aliphatic heterocycles. The largest absolute Gasteiger partial charge is 0.454 e. The maximum atomic E-state index is 7.15. The van der Waals surface area contributed by atoms with E-state index in [4.69, 9.17) is 97.8 Å². The van der Waals surface area contributed by atoms with Crippen molar-refractivity contribution in [3.63, 3.8) is 0 Å². The molecule has 16 heteroatoms. The fourth-order valence-corrected chi connectivity index (χ4v) is 9.96. The Morgan fingerprint density at radius 2 is 0.918 bits per heavy atom. The van der Waals surface area contributed by atoms with Gasteiger partial charge in [0.25, 0.3) is 0 Å². The summed E-state index contributed by atoms with van der Waals surface area (Å²) in [5.41, 5.74) is 6.88. The second-order valence-electron chi connectivity index (χ2n) is 14.9. The molecule has 0 saturated carbocycles. The molecular weight excluding hydrogens is 753 g/mol. The van der Waals surface area contributed by atoms with Crippen LogP contribution < -0.4 is 54.6 Å². The second-order valence-corrected chi connectivity index (χ2v) is 15.9. The van der Waals surface area contributed by atoms with E-state index < -0.39 is 0 Å². The van der Waals surface area contributed by atoms with E-state index in [2.05, 4.69) is 0 Å². The van der Waals surface area contributed by atoms with E-state index >= 15 is 0 Å². The molecule has 0 N–H and O–H groups in total. The first-order valence-corrected chi connectivity index (χ1v) is 19.8. The van der Waals surface area contributed by atoms with Crippen LogP contribution >= 0.6 is 11.3 Å². The maximum Gasteiger partial charge on any atom is 0.164 e. The molecule has 20 radical (unpaired) electrons. The van der Waals surface area contributed by atoms with Crippen molar-refractivity contribution in [3.05, 3.63) is 97.1 Å². The van der Waals surface area contributed by atoms with Crippen molar-refractivity contribution in [2.24, 2.45) is 0 Å². The molecule has 0 aliphatic rings. The second kappa shape index (κ2) is 13.8. The van der Waals surface area contributed by atoms with Gasteiger partial charge in [0.1, 0.15) is 84.0 Å². The van der Waals surface area contributed by atoms with E-state index in [0.29, 0.717) is 76.3 Å². The summed E-state index contributed by atoms with van der Waals surface area (Å²) in [4.78, 5) is 15.0. The molecule has 258 valence electrons. The topological polar surface area (TPSA) is 56.7 Å². The average molecular weight is 769 g/mol. The highest BCUT2D eigenvalue weighted by molar-refractivity contribution is 7.28. The predicted octanol–water partition coefficient (Wildman–Crippen LogP) is 0.175. The van der Waals surface area contributed by atoms with Crippen molar-refractivity contribution in [2.45, 2.75) is 0 Å². The number of hydrogen-bond acceptors (Lipinski definition) is 5. The molecule has 4 aromatic heterocycles. The van der Waals surface area contributed by atoms with E-state index in [0.717, 1.165) is 27.5 Å². The van der Waals surface area contributed by atoms with Crippen molar-refractivity contribution in [1.29, 1.82) is 0 Å². The number of nitrogens with zero attached hydrogens (tertiary/aromatic N) is 4. The lowest BCUT2D eigenvalue weighted by Crippen LogP contribution is -2.48. The zero-order valence-corrected chi connectivity index (χ0v) is 32.9. The zero-order valence-electron chi connectivity index (χ0n) is 32.1. The predicted molar refractivity (Wildman–Crippen MR) is 265 cm³/mol. The summed E-state index contributed by atoms with van der Waals surface area (Å²) in [6.45, 7) is 0. The van der Waals surface area contributed by atoms with Gasteiger partial charge in [-0.2, -0.15) is 0 Å². The van der Waals surface area contributed by atoms with Gasteiger partial charge in [-0.3, -0.25) is 0 Å². The van der Waals surface area contributed by atoms with Crippen LogP contribution in [-0.2, 0) is 0 Å². The molecule has 0 spiro atoms. The molecule has 61 heavy (non-hydrogen) atoms. The van der Waals surface area contributed by atoms with Crippen molar-refractivity contribution < 1.29 is 4.42 Å². The fraction of sp³-hybridized carbons (Fsp3) is 0. The number of furan rings is 1. The third kappa shape index (κ3) is 5.30. The van der Waals surface area contributed by atoms with Gasteiger partial charge in [0.2, 0.25) is 0 Å². The summed E-state index contributed by atoms with van der Waals surface area (Å²) in [6, 6.07) is 31.2. The van der Waals surface area contributed by atoms with Crippen LogP contribution in [0.4, 0.5) is 0 Å². The number of rotatable bonds is 4. The Hall–Kier alpha value is -5.98. The molecule has 5 nitrogen and oxygen atoms in total. The number of thiophene rings is 1. The Morgan fingerprint density at radius 3 is 1.57 bits per heavy atom. The summed E-state index contributed by atoms with van der Waals surface area (Å²) < 4.78 is 9.97. The zero-order chi connectivity index (χ0) is 42.2. The van der Waals surface area contributed by atoms with Crippen LogP contribution in [0.25, 0.3) is 104 Å². The van der Waals surface area contributed by atoms with Gasteiger partial charge in [-0.05, 0) is 22.9 Å². The SMILES string of the molecule is [B]c1c([B])c([B])c2c(sc3c2c([B])c([B])c2c3c3c([B])c([B])c([B])c([B])c3n2-c2cccc3c2oc2cccc(-c4nc(-c5ccccc5)nc(-c5ccccc5)n4)c23)c1[B]. The van der Waals surface area contributed by atoms with Crippen LogP contribution in [0, 0.1) is 0 Å². The molecule has 11 rings (SSSR count). The van der Waals surface area contributed by atoms with Gasteiger partial charge in [-0.1, -0.05) is 118 Å². The first kappa shape index (κ1) is 38.0. The van der Waals surface area contributed by atoms with E-state index in [1.165, 1.54) is 11.3 Å². The van der Waals surface area contributed by atoms with E-state index in [1.54, 1.807) is 0 Å². The van der Waals surface area contributed by atoms with Crippen LogP contribution in [0.15, 0.2) is 101 Å². The van der Waals surface area contributed by atoms with Crippen molar-refractivity contribution in [2.75, 3.05) is 0 Å². The molecule has 0 unspecified atom stereocenters. The van der Waals surface area contributed by atoms with Crippen LogP contribution in [0.3, 0.4) is 0 Å². The normalized spacial score (nSPS) is 11.9.